The van der Waals surface area contributed by atoms with Crippen molar-refractivity contribution in [3.63, 3.8) is 0 Å². The Bertz CT molecular complexity index is 416. The fraction of sp³-hybridized carbons (Fsp3) is 0.692. The Labute approximate surface area is 107 Å². The van der Waals surface area contributed by atoms with Crippen molar-refractivity contribution in [2.24, 2.45) is 11.7 Å². The lowest BCUT2D eigenvalue weighted by atomic mass is 9.90. The fourth-order valence-corrected chi connectivity index (χ4v) is 2.68. The molecule has 1 amide bonds. The minimum Gasteiger partial charge on any atom is -0.361 e. The second-order valence-corrected chi connectivity index (χ2v) is 5.12. The lowest BCUT2D eigenvalue weighted by Gasteiger charge is -2.39. The molecule has 1 aromatic rings. The third kappa shape index (κ3) is 2.72. The lowest BCUT2D eigenvalue weighted by molar-refractivity contribution is -0.135. The average Bonchev–Trinajstić information content (AvgIpc) is 2.74. The number of nitrogens with two attached hydrogens (primary N) is 1. The van der Waals surface area contributed by atoms with Crippen molar-refractivity contribution in [3.8, 4) is 0 Å². The number of amides is 1. The van der Waals surface area contributed by atoms with E-state index in [9.17, 15) is 4.79 Å². The highest BCUT2D eigenvalue weighted by molar-refractivity contribution is 5.78. The van der Waals surface area contributed by atoms with Crippen LogP contribution in [0.4, 0.5) is 0 Å². The number of hydrogen-bond acceptors (Lipinski definition) is 4. The van der Waals surface area contributed by atoms with E-state index in [1.54, 1.807) is 0 Å². The van der Waals surface area contributed by atoms with Gasteiger partial charge in [-0.3, -0.25) is 4.79 Å². The summed E-state index contributed by atoms with van der Waals surface area (Å²) in [6.45, 7) is 5.33. The van der Waals surface area contributed by atoms with Crippen molar-refractivity contribution in [1.82, 2.24) is 10.1 Å². The van der Waals surface area contributed by atoms with Gasteiger partial charge in [0.2, 0.25) is 5.91 Å². The molecule has 1 aliphatic heterocycles. The van der Waals surface area contributed by atoms with Crippen molar-refractivity contribution in [3.05, 3.63) is 17.5 Å². The van der Waals surface area contributed by atoms with E-state index < -0.39 is 0 Å². The lowest BCUT2D eigenvalue weighted by Crippen LogP contribution is -2.51. The molecule has 0 unspecified atom stereocenters. The molecule has 0 bridgehead atoms. The van der Waals surface area contributed by atoms with E-state index in [0.29, 0.717) is 24.6 Å². The monoisotopic (exact) mass is 251 g/mol. The minimum absolute atomic E-state index is 0.102. The molecule has 0 aliphatic carbocycles. The molecule has 0 aromatic carbocycles. The fourth-order valence-electron chi connectivity index (χ4n) is 2.68. The van der Waals surface area contributed by atoms with Crippen LogP contribution in [0.2, 0.25) is 0 Å². The smallest absolute Gasteiger partial charge is 0.229 e. The maximum absolute atomic E-state index is 12.3. The number of rotatable bonds is 3. The molecule has 2 heterocycles. The molecule has 1 fully saturated rings. The van der Waals surface area contributed by atoms with Crippen LogP contribution in [-0.2, 0) is 11.2 Å². The van der Waals surface area contributed by atoms with Crippen LogP contribution in [0.5, 0.6) is 0 Å². The zero-order valence-corrected chi connectivity index (χ0v) is 11.1. The quantitative estimate of drug-likeness (QED) is 0.873. The highest BCUT2D eigenvalue weighted by Gasteiger charge is 2.30. The normalized spacial score (nSPS) is 24.3. The molecule has 0 spiro atoms. The van der Waals surface area contributed by atoms with Crippen LogP contribution in [0.15, 0.2) is 10.6 Å². The summed E-state index contributed by atoms with van der Waals surface area (Å²) < 4.78 is 4.98. The molecule has 100 valence electrons. The van der Waals surface area contributed by atoms with Crippen molar-refractivity contribution in [2.75, 3.05) is 13.1 Å². The first-order chi connectivity index (χ1) is 8.61. The van der Waals surface area contributed by atoms with Crippen LogP contribution >= 0.6 is 0 Å². The highest BCUT2D eigenvalue weighted by Crippen LogP contribution is 2.23. The van der Waals surface area contributed by atoms with E-state index in [-0.39, 0.29) is 11.9 Å². The summed E-state index contributed by atoms with van der Waals surface area (Å²) in [5.41, 5.74) is 6.49. The summed E-state index contributed by atoms with van der Waals surface area (Å²) in [6, 6.07) is 1.97. The first-order valence-electron chi connectivity index (χ1n) is 6.53. The molecule has 0 saturated carbocycles. The topological polar surface area (TPSA) is 72.4 Å². The highest BCUT2D eigenvalue weighted by atomic mass is 16.5. The second-order valence-electron chi connectivity index (χ2n) is 5.12. The number of aryl methyl sites for hydroxylation is 1. The molecule has 5 nitrogen and oxygen atoms in total. The Morgan fingerprint density at radius 2 is 2.44 bits per heavy atom. The predicted molar refractivity (Wildman–Crippen MR) is 67.9 cm³/mol. The number of likely N-dealkylation sites (tertiary alicyclic amines) is 1. The van der Waals surface area contributed by atoms with E-state index in [0.717, 1.165) is 25.1 Å². The van der Waals surface area contributed by atoms with Gasteiger partial charge in [0.05, 0.1) is 12.1 Å². The molecule has 1 saturated heterocycles. The molecule has 5 heteroatoms. The third-order valence-electron chi connectivity index (χ3n) is 3.69. The molecule has 2 rings (SSSR count). The van der Waals surface area contributed by atoms with Gasteiger partial charge in [0.15, 0.2) is 0 Å². The summed E-state index contributed by atoms with van der Waals surface area (Å²) in [4.78, 5) is 14.2. The number of carbonyl (C=O) groups excluding carboxylic acids is 1. The van der Waals surface area contributed by atoms with Gasteiger partial charge in [-0.15, -0.1) is 0 Å². The average molecular weight is 251 g/mol. The van der Waals surface area contributed by atoms with E-state index in [1.807, 2.05) is 17.9 Å². The molecular formula is C13H21N3O2. The van der Waals surface area contributed by atoms with Crippen LogP contribution in [0.25, 0.3) is 0 Å². The number of carbonyl (C=O) groups is 1. The van der Waals surface area contributed by atoms with Gasteiger partial charge < -0.3 is 15.2 Å². The SMILES string of the molecule is Cc1cc(CC(=O)N2CCC[C@@H](C)[C@@H]2CN)no1. The number of nitrogens with zero attached hydrogens (tertiary/aromatic N) is 2. The Morgan fingerprint density at radius 3 is 3.06 bits per heavy atom. The van der Waals surface area contributed by atoms with Crippen molar-refractivity contribution < 1.29 is 9.32 Å². The van der Waals surface area contributed by atoms with E-state index in [1.165, 1.54) is 0 Å². The summed E-state index contributed by atoms with van der Waals surface area (Å²) >= 11 is 0. The molecule has 1 aliphatic rings. The maximum Gasteiger partial charge on any atom is 0.229 e. The van der Waals surface area contributed by atoms with Gasteiger partial charge >= 0.3 is 0 Å². The zero-order valence-electron chi connectivity index (χ0n) is 11.1. The molecule has 0 radical (unpaired) electrons. The first-order valence-corrected chi connectivity index (χ1v) is 6.53. The molecule has 1 aromatic heterocycles. The van der Waals surface area contributed by atoms with Crippen LogP contribution < -0.4 is 5.73 Å². The summed E-state index contributed by atoms with van der Waals surface area (Å²) in [6.07, 6.45) is 2.51. The van der Waals surface area contributed by atoms with Gasteiger partial charge in [-0.05, 0) is 25.7 Å². The largest absolute Gasteiger partial charge is 0.361 e. The Kier molecular flexibility index (Phi) is 4.01. The van der Waals surface area contributed by atoms with Crippen LogP contribution in [0.1, 0.15) is 31.2 Å². The Hall–Kier alpha value is -1.36. The summed E-state index contributed by atoms with van der Waals surface area (Å²) in [5.74, 6) is 1.32. The zero-order chi connectivity index (χ0) is 13.1. The first kappa shape index (κ1) is 13.1. The van der Waals surface area contributed by atoms with Crippen molar-refractivity contribution in [2.45, 2.75) is 39.2 Å². The standard InChI is InChI=1S/C13H21N3O2/c1-9-4-3-5-16(12(9)8-14)13(17)7-11-6-10(2)18-15-11/h6,9,12H,3-5,7-8,14H2,1-2H3/t9-,12+/m1/s1. The molecule has 2 atom stereocenters. The number of piperidine rings is 1. The molecular weight excluding hydrogens is 230 g/mol. The van der Waals surface area contributed by atoms with Gasteiger partial charge in [0.25, 0.3) is 0 Å². The van der Waals surface area contributed by atoms with E-state index in [4.69, 9.17) is 10.3 Å². The predicted octanol–water partition coefficient (Wildman–Crippen LogP) is 1.11. The van der Waals surface area contributed by atoms with E-state index in [2.05, 4.69) is 12.1 Å². The molecule has 18 heavy (non-hydrogen) atoms. The van der Waals surface area contributed by atoms with Gasteiger partial charge in [-0.2, -0.15) is 0 Å². The van der Waals surface area contributed by atoms with Gasteiger partial charge in [-0.1, -0.05) is 12.1 Å². The maximum atomic E-state index is 12.3. The number of hydrogen-bond donors (Lipinski definition) is 1. The van der Waals surface area contributed by atoms with Crippen LogP contribution in [0.3, 0.4) is 0 Å². The Balaban J connectivity index is 2.03. The minimum atomic E-state index is 0.102. The van der Waals surface area contributed by atoms with Crippen molar-refractivity contribution >= 4 is 5.91 Å². The second kappa shape index (κ2) is 5.52. The van der Waals surface area contributed by atoms with Crippen LogP contribution in [0, 0.1) is 12.8 Å². The van der Waals surface area contributed by atoms with Gasteiger partial charge in [0, 0.05) is 25.2 Å². The van der Waals surface area contributed by atoms with E-state index >= 15 is 0 Å². The third-order valence-corrected chi connectivity index (χ3v) is 3.69. The van der Waals surface area contributed by atoms with Crippen molar-refractivity contribution in [1.29, 1.82) is 0 Å². The molecule has 2 N–H and O–H groups in total. The van der Waals surface area contributed by atoms with Crippen LogP contribution in [-0.4, -0.2) is 35.1 Å². The number of aromatic nitrogens is 1. The Morgan fingerprint density at radius 1 is 1.67 bits per heavy atom. The summed E-state index contributed by atoms with van der Waals surface area (Å²) in [7, 11) is 0. The van der Waals surface area contributed by atoms with Gasteiger partial charge in [-0.25, -0.2) is 0 Å². The van der Waals surface area contributed by atoms with Gasteiger partial charge in [0.1, 0.15) is 5.76 Å². The summed E-state index contributed by atoms with van der Waals surface area (Å²) in [5, 5.41) is 3.87.